The molecule has 0 aliphatic heterocycles. The number of alkyl halides is 3. The maximum Gasteiger partial charge on any atom is 0.422 e. The maximum absolute atomic E-state index is 12.7. The van der Waals surface area contributed by atoms with Gasteiger partial charge in [-0.05, 0) is 19.4 Å². The number of carboxylic acid groups (broad SMARTS) is 1. The fraction of sp³-hybridized carbons (Fsp3) is 0.385. The van der Waals surface area contributed by atoms with Crippen molar-refractivity contribution in [2.75, 3.05) is 0 Å². The number of benzene rings is 1. The summed E-state index contributed by atoms with van der Waals surface area (Å²) in [7, 11) is 0. The van der Waals surface area contributed by atoms with Crippen LogP contribution in [0.2, 0.25) is 0 Å². The number of carbonyl (C=O) groups is 2. The molecule has 0 spiro atoms. The van der Waals surface area contributed by atoms with Crippen LogP contribution >= 0.6 is 0 Å². The molecule has 0 radical (unpaired) electrons. The zero-order chi connectivity index (χ0) is 16.3. The van der Waals surface area contributed by atoms with Gasteiger partial charge in [0.25, 0.3) is 0 Å². The lowest BCUT2D eigenvalue weighted by Crippen LogP contribution is -2.63. The number of urea groups is 1. The highest BCUT2D eigenvalue weighted by molar-refractivity contribution is 5.86. The largest absolute Gasteiger partial charge is 0.479 e. The van der Waals surface area contributed by atoms with Crippen LogP contribution in [0, 0.1) is 6.92 Å². The summed E-state index contributed by atoms with van der Waals surface area (Å²) < 4.78 is 38.1. The van der Waals surface area contributed by atoms with Gasteiger partial charge >= 0.3 is 18.2 Å². The second-order valence-corrected chi connectivity index (χ2v) is 4.72. The average molecular weight is 304 g/mol. The van der Waals surface area contributed by atoms with Gasteiger partial charge in [0, 0.05) is 6.54 Å². The van der Waals surface area contributed by atoms with E-state index in [1.165, 1.54) is 5.32 Å². The average Bonchev–Trinajstić information content (AvgIpc) is 2.34. The van der Waals surface area contributed by atoms with Gasteiger partial charge < -0.3 is 15.7 Å². The quantitative estimate of drug-likeness (QED) is 0.798. The lowest BCUT2D eigenvalue weighted by Gasteiger charge is -2.28. The lowest BCUT2D eigenvalue weighted by molar-refractivity contribution is -0.203. The third-order valence-corrected chi connectivity index (χ3v) is 2.89. The van der Waals surface area contributed by atoms with E-state index in [0.29, 0.717) is 12.5 Å². The third-order valence-electron chi connectivity index (χ3n) is 2.89. The molecule has 0 saturated carbocycles. The van der Waals surface area contributed by atoms with Crippen LogP contribution in [0.5, 0.6) is 0 Å². The van der Waals surface area contributed by atoms with Crippen molar-refractivity contribution in [1.82, 2.24) is 10.6 Å². The van der Waals surface area contributed by atoms with E-state index >= 15 is 0 Å². The molecule has 1 aromatic carbocycles. The maximum atomic E-state index is 12.7. The highest BCUT2D eigenvalue weighted by Gasteiger charge is 2.58. The number of rotatable bonds is 4. The molecule has 0 aliphatic carbocycles. The molecule has 2 amide bonds. The summed E-state index contributed by atoms with van der Waals surface area (Å²) in [6.07, 6.45) is -5.11. The number of hydrogen-bond donors (Lipinski definition) is 3. The van der Waals surface area contributed by atoms with Gasteiger partial charge in [-0.1, -0.05) is 29.8 Å². The lowest BCUT2D eigenvalue weighted by atomic mass is 10.0. The second-order valence-electron chi connectivity index (χ2n) is 4.72. The van der Waals surface area contributed by atoms with Gasteiger partial charge in [-0.2, -0.15) is 13.2 Å². The molecule has 21 heavy (non-hydrogen) atoms. The van der Waals surface area contributed by atoms with Crippen molar-refractivity contribution in [2.24, 2.45) is 0 Å². The standard InChI is InChI=1S/C13H15F3N2O3/c1-8-4-3-5-9(6-8)7-17-11(21)18-12(2,10(19)20)13(14,15)16/h3-6H,7H2,1-2H3,(H,19,20)(H2,17,18,21). The molecule has 0 fully saturated rings. The number of halogens is 3. The number of hydrogen-bond acceptors (Lipinski definition) is 2. The van der Waals surface area contributed by atoms with Crippen molar-refractivity contribution >= 4 is 12.0 Å². The Balaban J connectivity index is 2.70. The molecule has 5 nitrogen and oxygen atoms in total. The van der Waals surface area contributed by atoms with E-state index < -0.39 is 23.7 Å². The molecule has 0 aromatic heterocycles. The summed E-state index contributed by atoms with van der Waals surface area (Å²) in [5.41, 5.74) is -1.72. The van der Waals surface area contributed by atoms with E-state index in [2.05, 4.69) is 5.32 Å². The van der Waals surface area contributed by atoms with Gasteiger partial charge in [-0.25, -0.2) is 9.59 Å². The van der Waals surface area contributed by atoms with Crippen LogP contribution < -0.4 is 10.6 Å². The smallest absolute Gasteiger partial charge is 0.422 e. The topological polar surface area (TPSA) is 78.4 Å². The molecule has 116 valence electrons. The van der Waals surface area contributed by atoms with E-state index in [9.17, 15) is 22.8 Å². The minimum absolute atomic E-state index is 0.0128. The summed E-state index contributed by atoms with van der Waals surface area (Å²) in [6, 6.07) is 5.79. The first-order valence-electron chi connectivity index (χ1n) is 5.98. The Hall–Kier alpha value is -2.25. The van der Waals surface area contributed by atoms with E-state index in [4.69, 9.17) is 5.11 Å². The minimum atomic E-state index is -5.11. The molecule has 1 rings (SSSR count). The Labute approximate surface area is 119 Å². The Morgan fingerprint density at radius 1 is 1.29 bits per heavy atom. The fourth-order valence-electron chi connectivity index (χ4n) is 1.52. The van der Waals surface area contributed by atoms with Crippen LogP contribution in [-0.4, -0.2) is 28.8 Å². The first kappa shape index (κ1) is 16.8. The fourth-order valence-corrected chi connectivity index (χ4v) is 1.52. The molecule has 8 heteroatoms. The zero-order valence-electron chi connectivity index (χ0n) is 11.4. The normalized spacial score (nSPS) is 14.1. The number of carboxylic acids is 1. The van der Waals surface area contributed by atoms with Crippen LogP contribution in [0.25, 0.3) is 0 Å². The highest BCUT2D eigenvalue weighted by Crippen LogP contribution is 2.30. The van der Waals surface area contributed by atoms with Gasteiger partial charge in [0.2, 0.25) is 5.54 Å². The number of nitrogens with one attached hydrogen (secondary N) is 2. The monoisotopic (exact) mass is 304 g/mol. The van der Waals surface area contributed by atoms with Crippen molar-refractivity contribution in [3.8, 4) is 0 Å². The van der Waals surface area contributed by atoms with Crippen LogP contribution in [0.15, 0.2) is 24.3 Å². The van der Waals surface area contributed by atoms with Crippen molar-refractivity contribution < 1.29 is 27.9 Å². The molecule has 0 saturated heterocycles. The van der Waals surface area contributed by atoms with Gasteiger partial charge in [-0.15, -0.1) is 0 Å². The van der Waals surface area contributed by atoms with E-state index in [1.54, 1.807) is 18.2 Å². The van der Waals surface area contributed by atoms with Crippen LogP contribution in [0.1, 0.15) is 18.1 Å². The third kappa shape index (κ3) is 4.11. The van der Waals surface area contributed by atoms with Gasteiger partial charge in [0.05, 0.1) is 0 Å². The summed E-state index contributed by atoms with van der Waals surface area (Å²) in [6.45, 7) is 2.21. The summed E-state index contributed by atoms with van der Waals surface area (Å²) in [5, 5.41) is 12.3. The molecule has 0 heterocycles. The van der Waals surface area contributed by atoms with Crippen molar-refractivity contribution in [2.45, 2.75) is 32.1 Å². The van der Waals surface area contributed by atoms with Crippen molar-refractivity contribution in [1.29, 1.82) is 0 Å². The highest BCUT2D eigenvalue weighted by atomic mass is 19.4. The summed E-state index contributed by atoms with van der Waals surface area (Å²) in [5.74, 6) is -2.18. The van der Waals surface area contributed by atoms with Crippen molar-refractivity contribution in [3.63, 3.8) is 0 Å². The van der Waals surface area contributed by atoms with Crippen molar-refractivity contribution in [3.05, 3.63) is 35.4 Å². The van der Waals surface area contributed by atoms with Crippen LogP contribution in [-0.2, 0) is 11.3 Å². The van der Waals surface area contributed by atoms with E-state index in [1.807, 2.05) is 13.0 Å². The Morgan fingerprint density at radius 2 is 1.90 bits per heavy atom. The predicted octanol–water partition coefficient (Wildman–Crippen LogP) is 2.20. The molecular weight excluding hydrogens is 289 g/mol. The SMILES string of the molecule is Cc1cccc(CNC(=O)NC(C)(C(=O)O)C(F)(F)F)c1. The molecular formula is C13H15F3N2O3. The summed E-state index contributed by atoms with van der Waals surface area (Å²) >= 11 is 0. The van der Waals surface area contributed by atoms with E-state index in [0.717, 1.165) is 5.56 Å². The number of carbonyl (C=O) groups excluding carboxylic acids is 1. The first-order chi connectivity index (χ1) is 9.56. The molecule has 1 unspecified atom stereocenters. The van der Waals surface area contributed by atoms with E-state index in [-0.39, 0.29) is 6.54 Å². The summed E-state index contributed by atoms with van der Waals surface area (Å²) in [4.78, 5) is 22.2. The molecule has 3 N–H and O–H groups in total. The number of aliphatic carboxylic acids is 1. The number of aryl methyl sites for hydroxylation is 1. The minimum Gasteiger partial charge on any atom is -0.479 e. The Morgan fingerprint density at radius 3 is 2.38 bits per heavy atom. The molecule has 1 atom stereocenters. The van der Waals surface area contributed by atoms with Gasteiger partial charge in [0.1, 0.15) is 0 Å². The molecule has 0 bridgehead atoms. The first-order valence-corrected chi connectivity index (χ1v) is 5.98. The predicted molar refractivity (Wildman–Crippen MR) is 68.6 cm³/mol. The molecule has 1 aromatic rings. The number of amides is 2. The zero-order valence-corrected chi connectivity index (χ0v) is 11.4. The van der Waals surface area contributed by atoms with Gasteiger partial charge in [-0.3, -0.25) is 0 Å². The molecule has 0 aliphatic rings. The van der Waals surface area contributed by atoms with Gasteiger partial charge in [0.15, 0.2) is 0 Å². The van der Waals surface area contributed by atoms with Crippen LogP contribution in [0.4, 0.5) is 18.0 Å². The second kappa shape index (κ2) is 6.02. The Kier molecular flexibility index (Phi) is 4.82. The Bertz CT molecular complexity index is 546. The van der Waals surface area contributed by atoms with Crippen LogP contribution in [0.3, 0.4) is 0 Å².